The lowest BCUT2D eigenvalue weighted by Gasteiger charge is -2.44. The van der Waals surface area contributed by atoms with Crippen LogP contribution in [0.15, 0.2) is 84.4 Å². The number of hydrogen-bond donors (Lipinski definition) is 3. The molecule has 9 nitrogen and oxygen atoms in total. The van der Waals surface area contributed by atoms with E-state index in [1.165, 1.54) is 9.80 Å². The first-order valence-corrected chi connectivity index (χ1v) is 15.5. The molecule has 3 aromatic rings. The van der Waals surface area contributed by atoms with E-state index in [2.05, 4.69) is 0 Å². The lowest BCUT2D eigenvalue weighted by atomic mass is 9.57. The third-order valence-electron chi connectivity index (χ3n) is 10.2. The van der Waals surface area contributed by atoms with Crippen LogP contribution in [0.3, 0.4) is 0 Å². The number of allylic oxidation sites excluding steroid dienone is 2. The highest BCUT2D eigenvalue weighted by atomic mass is 16.3. The topological polar surface area (TPSA) is 135 Å². The normalized spacial score (nSPS) is 27.3. The van der Waals surface area contributed by atoms with Crippen molar-refractivity contribution in [2.24, 2.45) is 29.6 Å². The largest absolute Gasteiger partial charge is 0.508 e. The molecule has 4 aliphatic rings. The quantitative estimate of drug-likeness (QED) is 0.274. The summed E-state index contributed by atoms with van der Waals surface area (Å²) in [5.41, 5.74) is 3.39. The molecular formula is C36H34N2O7. The van der Waals surface area contributed by atoms with Crippen LogP contribution in [0.4, 0.5) is 0 Å². The number of aromatic hydroxyl groups is 3. The van der Waals surface area contributed by atoms with Crippen molar-refractivity contribution in [1.82, 2.24) is 9.80 Å². The van der Waals surface area contributed by atoms with Gasteiger partial charge in [0.15, 0.2) is 0 Å². The van der Waals surface area contributed by atoms with Crippen LogP contribution < -0.4 is 0 Å². The maximum atomic E-state index is 14.0. The molecule has 45 heavy (non-hydrogen) atoms. The summed E-state index contributed by atoms with van der Waals surface area (Å²) < 4.78 is 0. The van der Waals surface area contributed by atoms with Crippen molar-refractivity contribution >= 4 is 23.6 Å². The number of imide groups is 2. The average Bonchev–Trinajstić information content (AvgIpc) is 3.42. The zero-order chi connectivity index (χ0) is 31.4. The molecule has 3 fully saturated rings. The summed E-state index contributed by atoms with van der Waals surface area (Å²) >= 11 is 0. The first kappa shape index (κ1) is 28.8. The van der Waals surface area contributed by atoms with Gasteiger partial charge >= 0.3 is 0 Å². The van der Waals surface area contributed by atoms with Crippen LogP contribution in [0.5, 0.6) is 17.2 Å². The van der Waals surface area contributed by atoms with Crippen LogP contribution in [0, 0.1) is 29.6 Å². The van der Waals surface area contributed by atoms with Crippen LogP contribution in [0.2, 0.25) is 0 Å². The summed E-state index contributed by atoms with van der Waals surface area (Å²) in [6.45, 7) is 0.419. The van der Waals surface area contributed by atoms with Crippen molar-refractivity contribution in [3.63, 3.8) is 0 Å². The maximum absolute atomic E-state index is 14.0. The number of carbonyl (C=O) groups excluding carboxylic acids is 4. The molecule has 2 aliphatic heterocycles. The first-order valence-electron chi connectivity index (χ1n) is 15.5. The highest BCUT2D eigenvalue weighted by molar-refractivity contribution is 6.08. The van der Waals surface area contributed by atoms with Gasteiger partial charge in [-0.25, -0.2) is 0 Å². The second kappa shape index (κ2) is 11.2. The van der Waals surface area contributed by atoms with Crippen LogP contribution in [0.1, 0.15) is 35.4 Å². The second-order valence-corrected chi connectivity index (χ2v) is 12.6. The Labute approximate surface area is 260 Å². The number of phenols is 3. The van der Waals surface area contributed by atoms with E-state index in [0.29, 0.717) is 31.2 Å². The van der Waals surface area contributed by atoms with Gasteiger partial charge in [0.05, 0.1) is 23.7 Å². The Morgan fingerprint density at radius 1 is 0.600 bits per heavy atom. The number of fused-ring (bicyclic) bond motifs is 4. The Morgan fingerprint density at radius 2 is 1.16 bits per heavy atom. The van der Waals surface area contributed by atoms with Gasteiger partial charge in [-0.15, -0.1) is 0 Å². The molecule has 6 atom stereocenters. The van der Waals surface area contributed by atoms with Crippen molar-refractivity contribution in [3.05, 3.63) is 101 Å². The number of nitrogens with zero attached hydrogens (tertiary/aromatic N) is 2. The number of rotatable bonds is 7. The van der Waals surface area contributed by atoms with Crippen LogP contribution in [-0.4, -0.2) is 61.8 Å². The van der Waals surface area contributed by atoms with Crippen molar-refractivity contribution < 1.29 is 34.5 Å². The number of carbonyl (C=O) groups is 4. The van der Waals surface area contributed by atoms with E-state index in [0.717, 1.165) is 16.7 Å². The molecule has 1 saturated carbocycles. The molecule has 3 aromatic carbocycles. The molecule has 0 spiro atoms. The number of hydrogen-bond acceptors (Lipinski definition) is 7. The number of phenolic OH excluding ortho intramolecular Hbond substituents is 3. The van der Waals surface area contributed by atoms with Crippen molar-refractivity contribution in [3.8, 4) is 17.2 Å². The molecule has 0 bridgehead atoms. The lowest BCUT2D eigenvalue weighted by molar-refractivity contribution is -0.142. The van der Waals surface area contributed by atoms with E-state index in [4.69, 9.17) is 0 Å². The third kappa shape index (κ3) is 4.96. The minimum Gasteiger partial charge on any atom is -0.508 e. The zero-order valence-electron chi connectivity index (χ0n) is 24.6. The van der Waals surface area contributed by atoms with Crippen LogP contribution in [0.25, 0.3) is 0 Å². The van der Waals surface area contributed by atoms with E-state index < -0.39 is 29.6 Å². The monoisotopic (exact) mass is 606 g/mol. The van der Waals surface area contributed by atoms with Gasteiger partial charge in [0.2, 0.25) is 23.6 Å². The second-order valence-electron chi connectivity index (χ2n) is 12.6. The molecule has 9 heteroatoms. The minimum atomic E-state index is -0.670. The van der Waals surface area contributed by atoms with Crippen LogP contribution in [-0.2, 0) is 32.0 Å². The molecule has 0 aromatic heterocycles. The van der Waals surface area contributed by atoms with Gasteiger partial charge in [0, 0.05) is 19.0 Å². The fourth-order valence-corrected chi connectivity index (χ4v) is 8.06. The zero-order valence-corrected chi connectivity index (χ0v) is 24.6. The Balaban J connectivity index is 1.19. The predicted octanol–water partition coefficient (Wildman–Crippen LogP) is 3.92. The van der Waals surface area contributed by atoms with Gasteiger partial charge < -0.3 is 15.3 Å². The molecule has 7 rings (SSSR count). The van der Waals surface area contributed by atoms with E-state index in [-0.39, 0.29) is 59.9 Å². The molecule has 2 saturated heterocycles. The van der Waals surface area contributed by atoms with E-state index >= 15 is 0 Å². The number of likely N-dealkylation sites (tertiary alicyclic amines) is 2. The highest BCUT2D eigenvalue weighted by Crippen LogP contribution is 2.58. The SMILES string of the molecule is O=C1C2CC=C3C(CC4C(=O)N(CCc5ccc(O)cc5)C(=O)C4C3c3cccc(O)c3)C2C(=O)N1CCc1ccc(O)cc1. The molecule has 4 amide bonds. The molecule has 0 radical (unpaired) electrons. The summed E-state index contributed by atoms with van der Waals surface area (Å²) in [6.07, 6.45) is 3.58. The summed E-state index contributed by atoms with van der Waals surface area (Å²) in [7, 11) is 0. The fourth-order valence-electron chi connectivity index (χ4n) is 8.06. The summed E-state index contributed by atoms with van der Waals surface area (Å²) in [5, 5.41) is 29.6. The minimum absolute atomic E-state index is 0.0499. The molecule has 2 aliphatic carbocycles. The number of amides is 4. The molecule has 6 unspecified atom stereocenters. The fraction of sp³-hybridized carbons (Fsp3) is 0.333. The van der Waals surface area contributed by atoms with E-state index in [1.807, 2.05) is 12.1 Å². The maximum Gasteiger partial charge on any atom is 0.234 e. The standard InChI is InChI=1S/C36H34N2O7/c39-23-8-4-20(5-9-23)14-16-37-33(42)27-13-12-26-28(31(27)35(37)44)19-29-32(30(26)22-2-1-3-25(41)18-22)36(45)38(34(29)43)17-15-21-6-10-24(40)11-7-21/h1-12,18,27-32,39-41H,13-17,19H2. The Kier molecular flexibility index (Phi) is 7.19. The van der Waals surface area contributed by atoms with Gasteiger partial charge in [0.25, 0.3) is 0 Å². The Bertz CT molecular complexity index is 1710. The van der Waals surface area contributed by atoms with Gasteiger partial charge in [0.1, 0.15) is 17.2 Å². The van der Waals surface area contributed by atoms with Crippen molar-refractivity contribution in [1.29, 1.82) is 0 Å². The van der Waals surface area contributed by atoms with Crippen molar-refractivity contribution in [2.75, 3.05) is 13.1 Å². The van der Waals surface area contributed by atoms with Gasteiger partial charge in [-0.05, 0) is 84.7 Å². The first-order chi connectivity index (χ1) is 21.7. The predicted molar refractivity (Wildman–Crippen MR) is 163 cm³/mol. The van der Waals surface area contributed by atoms with Gasteiger partial charge in [-0.2, -0.15) is 0 Å². The number of benzene rings is 3. The highest BCUT2D eigenvalue weighted by Gasteiger charge is 2.61. The van der Waals surface area contributed by atoms with E-state index in [1.54, 1.807) is 66.7 Å². The average molecular weight is 607 g/mol. The third-order valence-corrected chi connectivity index (χ3v) is 10.2. The van der Waals surface area contributed by atoms with E-state index in [9.17, 15) is 34.5 Å². The lowest BCUT2D eigenvalue weighted by Crippen LogP contribution is -2.43. The molecule has 230 valence electrons. The van der Waals surface area contributed by atoms with Crippen LogP contribution >= 0.6 is 0 Å². The summed E-state index contributed by atoms with van der Waals surface area (Å²) in [6, 6.07) is 20.1. The molecule has 3 N–H and O–H groups in total. The van der Waals surface area contributed by atoms with Gasteiger partial charge in [-0.3, -0.25) is 29.0 Å². The van der Waals surface area contributed by atoms with Crippen molar-refractivity contribution in [2.45, 2.75) is 31.6 Å². The van der Waals surface area contributed by atoms with Gasteiger partial charge in [-0.1, -0.05) is 48.0 Å². The summed E-state index contributed by atoms with van der Waals surface area (Å²) in [4.78, 5) is 58.2. The molecule has 2 heterocycles. The Morgan fingerprint density at radius 3 is 1.73 bits per heavy atom. The molecular weight excluding hydrogens is 572 g/mol. The summed E-state index contributed by atoms with van der Waals surface area (Å²) in [5.74, 6) is -4.01. The smallest absolute Gasteiger partial charge is 0.234 e. The Hall–Kier alpha value is -4.92.